The van der Waals surface area contributed by atoms with Gasteiger partial charge < -0.3 is 10.8 Å². The van der Waals surface area contributed by atoms with Crippen molar-refractivity contribution in [1.29, 1.82) is 0 Å². The summed E-state index contributed by atoms with van der Waals surface area (Å²) in [5, 5.41) is 11.4. The number of nitrogens with zero attached hydrogens (tertiary/aromatic N) is 2. The maximum absolute atomic E-state index is 10.3. The van der Waals surface area contributed by atoms with Gasteiger partial charge >= 0.3 is 0 Å². The van der Waals surface area contributed by atoms with Gasteiger partial charge in [0.05, 0.1) is 11.4 Å². The molecule has 6 heteroatoms. The number of hydrogen-bond donors (Lipinski definition) is 2. The van der Waals surface area contributed by atoms with Crippen LogP contribution < -0.4 is 5.73 Å². The molecule has 0 bridgehead atoms. The van der Waals surface area contributed by atoms with Crippen molar-refractivity contribution in [3.05, 3.63) is 58.1 Å². The van der Waals surface area contributed by atoms with E-state index < -0.39 is 0 Å². The Morgan fingerprint density at radius 1 is 0.913 bits per heavy atom. The Balaban J connectivity index is 2.17. The minimum absolute atomic E-state index is 0.115. The second kappa shape index (κ2) is 6.07. The lowest BCUT2D eigenvalue weighted by Gasteiger charge is -2.10. The third-order valence-corrected chi connectivity index (χ3v) is 3.89. The van der Waals surface area contributed by atoms with Crippen LogP contribution in [0.25, 0.3) is 22.5 Å². The standard InChI is InChI=1S/C17H13Cl2N3O/c1-9-6-12(19)7-13(16(9)23)15-8-14(21-17(20)22-15)10-2-4-11(18)5-3-10/h2-8,23H,1H3,(H2,20,21,22). The van der Waals surface area contributed by atoms with Crippen LogP contribution >= 0.6 is 23.2 Å². The van der Waals surface area contributed by atoms with E-state index >= 15 is 0 Å². The van der Waals surface area contributed by atoms with Gasteiger partial charge in [-0.15, -0.1) is 0 Å². The number of halogens is 2. The van der Waals surface area contributed by atoms with E-state index in [-0.39, 0.29) is 11.7 Å². The average Bonchev–Trinajstić information content (AvgIpc) is 2.51. The summed E-state index contributed by atoms with van der Waals surface area (Å²) in [5.74, 6) is 0.235. The molecule has 0 radical (unpaired) electrons. The lowest BCUT2D eigenvalue weighted by Crippen LogP contribution is -1.99. The zero-order valence-corrected chi connectivity index (χ0v) is 13.7. The molecule has 1 heterocycles. The lowest BCUT2D eigenvalue weighted by atomic mass is 10.0. The van der Waals surface area contributed by atoms with Crippen molar-refractivity contribution < 1.29 is 5.11 Å². The summed E-state index contributed by atoms with van der Waals surface area (Å²) < 4.78 is 0. The number of rotatable bonds is 2. The summed E-state index contributed by atoms with van der Waals surface area (Å²) in [6, 6.07) is 12.3. The Morgan fingerprint density at radius 2 is 1.57 bits per heavy atom. The second-order valence-corrected chi connectivity index (χ2v) is 6.00. The lowest BCUT2D eigenvalue weighted by molar-refractivity contribution is 0.473. The molecule has 116 valence electrons. The normalized spacial score (nSPS) is 10.7. The Kier molecular flexibility index (Phi) is 4.11. The number of aryl methyl sites for hydroxylation is 1. The van der Waals surface area contributed by atoms with Crippen LogP contribution in [-0.4, -0.2) is 15.1 Å². The van der Waals surface area contributed by atoms with E-state index in [1.165, 1.54) is 0 Å². The Hall–Kier alpha value is -2.30. The van der Waals surface area contributed by atoms with Gasteiger partial charge in [-0.2, -0.15) is 0 Å². The fourth-order valence-electron chi connectivity index (χ4n) is 2.30. The van der Waals surface area contributed by atoms with Crippen molar-refractivity contribution in [1.82, 2.24) is 9.97 Å². The van der Waals surface area contributed by atoms with Gasteiger partial charge in [0, 0.05) is 21.2 Å². The third kappa shape index (κ3) is 3.23. The zero-order valence-electron chi connectivity index (χ0n) is 12.2. The molecule has 3 aromatic rings. The van der Waals surface area contributed by atoms with Crippen molar-refractivity contribution >= 4 is 29.2 Å². The first-order chi connectivity index (χ1) is 10.9. The molecular formula is C17H13Cl2N3O. The van der Waals surface area contributed by atoms with Crippen LogP contribution in [0.15, 0.2) is 42.5 Å². The molecule has 0 aliphatic carbocycles. The molecule has 0 saturated heterocycles. The van der Waals surface area contributed by atoms with Gasteiger partial charge in [-0.3, -0.25) is 0 Å². The first-order valence-electron chi connectivity index (χ1n) is 6.84. The smallest absolute Gasteiger partial charge is 0.221 e. The van der Waals surface area contributed by atoms with Crippen LogP contribution in [0.4, 0.5) is 5.95 Å². The van der Waals surface area contributed by atoms with E-state index in [4.69, 9.17) is 28.9 Å². The topological polar surface area (TPSA) is 72.0 Å². The van der Waals surface area contributed by atoms with Gasteiger partial charge in [0.25, 0.3) is 0 Å². The molecule has 3 N–H and O–H groups in total. The van der Waals surface area contributed by atoms with Crippen LogP contribution in [0, 0.1) is 6.92 Å². The maximum atomic E-state index is 10.3. The predicted molar refractivity (Wildman–Crippen MR) is 93.7 cm³/mol. The molecular weight excluding hydrogens is 333 g/mol. The first kappa shape index (κ1) is 15.6. The molecule has 3 rings (SSSR count). The highest BCUT2D eigenvalue weighted by atomic mass is 35.5. The molecule has 1 aromatic heterocycles. The van der Waals surface area contributed by atoms with E-state index in [1.54, 1.807) is 37.3 Å². The highest BCUT2D eigenvalue weighted by molar-refractivity contribution is 6.31. The molecule has 0 atom stereocenters. The second-order valence-electron chi connectivity index (χ2n) is 5.12. The van der Waals surface area contributed by atoms with Crippen molar-refractivity contribution in [2.45, 2.75) is 6.92 Å². The number of aromatic hydroxyl groups is 1. The molecule has 0 unspecified atom stereocenters. The summed E-state index contributed by atoms with van der Waals surface area (Å²) in [6.07, 6.45) is 0. The van der Waals surface area contributed by atoms with E-state index in [2.05, 4.69) is 9.97 Å². The SMILES string of the molecule is Cc1cc(Cl)cc(-c2cc(-c3ccc(Cl)cc3)nc(N)n2)c1O. The van der Waals surface area contributed by atoms with Crippen LogP contribution in [0.1, 0.15) is 5.56 Å². The number of nitrogen functional groups attached to an aromatic ring is 1. The molecule has 0 aliphatic rings. The van der Waals surface area contributed by atoms with Crippen LogP contribution in [-0.2, 0) is 0 Å². The van der Waals surface area contributed by atoms with Gasteiger partial charge in [-0.25, -0.2) is 9.97 Å². The number of phenolic OH excluding ortho intramolecular Hbond substituents is 1. The van der Waals surface area contributed by atoms with E-state index in [0.717, 1.165) is 5.56 Å². The van der Waals surface area contributed by atoms with Crippen molar-refractivity contribution in [3.8, 4) is 28.3 Å². The number of nitrogens with two attached hydrogens (primary N) is 1. The van der Waals surface area contributed by atoms with Crippen LogP contribution in [0.2, 0.25) is 10.0 Å². The predicted octanol–water partition coefficient (Wildman–Crippen LogP) is 4.71. The third-order valence-electron chi connectivity index (χ3n) is 3.42. The van der Waals surface area contributed by atoms with E-state index in [9.17, 15) is 5.11 Å². The number of aromatic nitrogens is 2. The summed E-state index contributed by atoms with van der Waals surface area (Å²) >= 11 is 12.0. The Labute approximate surface area is 143 Å². The quantitative estimate of drug-likeness (QED) is 0.705. The summed E-state index contributed by atoms with van der Waals surface area (Å²) in [7, 11) is 0. The van der Waals surface area contributed by atoms with Gasteiger partial charge in [-0.1, -0.05) is 35.3 Å². The van der Waals surface area contributed by atoms with Crippen molar-refractivity contribution in [2.24, 2.45) is 0 Å². The Morgan fingerprint density at radius 3 is 2.26 bits per heavy atom. The fourth-order valence-corrected chi connectivity index (χ4v) is 2.70. The number of hydrogen-bond acceptors (Lipinski definition) is 4. The fraction of sp³-hybridized carbons (Fsp3) is 0.0588. The molecule has 2 aromatic carbocycles. The molecule has 0 spiro atoms. The summed E-state index contributed by atoms with van der Waals surface area (Å²) in [6.45, 7) is 1.77. The van der Waals surface area contributed by atoms with E-state index in [1.807, 2.05) is 12.1 Å². The first-order valence-corrected chi connectivity index (χ1v) is 7.59. The maximum Gasteiger partial charge on any atom is 0.221 e. The number of benzene rings is 2. The average molecular weight is 346 g/mol. The molecule has 23 heavy (non-hydrogen) atoms. The van der Waals surface area contributed by atoms with Gasteiger partial charge in [-0.05, 0) is 42.8 Å². The Bertz CT molecular complexity index is 880. The molecule has 0 saturated carbocycles. The van der Waals surface area contributed by atoms with Crippen LogP contribution in [0.5, 0.6) is 5.75 Å². The molecule has 0 fully saturated rings. The van der Waals surface area contributed by atoms with Crippen molar-refractivity contribution in [3.63, 3.8) is 0 Å². The van der Waals surface area contributed by atoms with Crippen LogP contribution in [0.3, 0.4) is 0 Å². The van der Waals surface area contributed by atoms with Gasteiger partial charge in [0.1, 0.15) is 5.75 Å². The zero-order chi connectivity index (χ0) is 16.6. The largest absolute Gasteiger partial charge is 0.507 e. The number of phenols is 1. The molecule has 0 amide bonds. The molecule has 4 nitrogen and oxygen atoms in total. The summed E-state index contributed by atoms with van der Waals surface area (Å²) in [5.41, 5.74) is 9.00. The monoisotopic (exact) mass is 345 g/mol. The number of anilines is 1. The van der Waals surface area contributed by atoms with Gasteiger partial charge in [0.2, 0.25) is 5.95 Å². The molecule has 0 aliphatic heterocycles. The minimum Gasteiger partial charge on any atom is -0.507 e. The van der Waals surface area contributed by atoms with E-state index in [0.29, 0.717) is 32.6 Å². The minimum atomic E-state index is 0.115. The van der Waals surface area contributed by atoms with Gasteiger partial charge in [0.15, 0.2) is 0 Å². The summed E-state index contributed by atoms with van der Waals surface area (Å²) in [4.78, 5) is 8.45. The highest BCUT2D eigenvalue weighted by Gasteiger charge is 2.13. The highest BCUT2D eigenvalue weighted by Crippen LogP contribution is 2.35. The van der Waals surface area contributed by atoms with Crippen molar-refractivity contribution in [2.75, 3.05) is 5.73 Å².